The van der Waals surface area contributed by atoms with Gasteiger partial charge < -0.3 is 14.3 Å². The van der Waals surface area contributed by atoms with Crippen molar-refractivity contribution in [3.05, 3.63) is 22.6 Å². The van der Waals surface area contributed by atoms with Crippen LogP contribution in [0.25, 0.3) is 0 Å². The van der Waals surface area contributed by atoms with Crippen LogP contribution in [-0.2, 0) is 18.0 Å². The van der Waals surface area contributed by atoms with Crippen LogP contribution in [0.3, 0.4) is 0 Å². The molecular weight excluding hydrogens is 196 g/mol. The maximum atomic E-state index is 11.2. The zero-order chi connectivity index (χ0) is 10.4. The second-order valence-corrected chi connectivity index (χ2v) is 4.17. The molecule has 3 rings (SSSR count). The molecule has 1 N–H and O–H groups in total. The SMILES string of the molecule is O=C(O)c1c(C2CCC2)oc2c1COC2. The molecule has 4 heteroatoms. The predicted molar refractivity (Wildman–Crippen MR) is 50.8 cm³/mol. The molecule has 4 nitrogen and oxygen atoms in total. The number of carboxylic acid groups (broad SMARTS) is 1. The van der Waals surface area contributed by atoms with Gasteiger partial charge in [-0.15, -0.1) is 0 Å². The van der Waals surface area contributed by atoms with Crippen LogP contribution in [0.1, 0.15) is 52.6 Å². The minimum atomic E-state index is -0.882. The lowest BCUT2D eigenvalue weighted by Gasteiger charge is -2.23. The van der Waals surface area contributed by atoms with Crippen molar-refractivity contribution in [2.24, 2.45) is 0 Å². The monoisotopic (exact) mass is 208 g/mol. The minimum Gasteiger partial charge on any atom is -0.478 e. The van der Waals surface area contributed by atoms with E-state index in [-0.39, 0.29) is 0 Å². The first kappa shape index (κ1) is 8.97. The number of fused-ring (bicyclic) bond motifs is 1. The fourth-order valence-electron chi connectivity index (χ4n) is 2.24. The van der Waals surface area contributed by atoms with E-state index in [9.17, 15) is 9.90 Å². The average molecular weight is 208 g/mol. The summed E-state index contributed by atoms with van der Waals surface area (Å²) in [7, 11) is 0. The quantitative estimate of drug-likeness (QED) is 0.809. The molecule has 1 aromatic rings. The predicted octanol–water partition coefficient (Wildman–Crippen LogP) is 2.28. The van der Waals surface area contributed by atoms with Gasteiger partial charge in [0, 0.05) is 11.5 Å². The van der Waals surface area contributed by atoms with E-state index < -0.39 is 5.97 Å². The molecule has 1 fully saturated rings. The van der Waals surface area contributed by atoms with Crippen molar-refractivity contribution in [3.63, 3.8) is 0 Å². The summed E-state index contributed by atoms with van der Waals surface area (Å²) >= 11 is 0. The molecule has 0 aromatic carbocycles. The summed E-state index contributed by atoms with van der Waals surface area (Å²) in [6, 6.07) is 0. The van der Waals surface area contributed by atoms with Crippen molar-refractivity contribution in [1.29, 1.82) is 0 Å². The summed E-state index contributed by atoms with van der Waals surface area (Å²) in [6.45, 7) is 0.801. The lowest BCUT2D eigenvalue weighted by molar-refractivity contribution is 0.0683. The third kappa shape index (κ3) is 1.21. The Morgan fingerprint density at radius 3 is 2.73 bits per heavy atom. The minimum absolute atomic E-state index is 0.321. The van der Waals surface area contributed by atoms with Gasteiger partial charge in [0.25, 0.3) is 0 Å². The van der Waals surface area contributed by atoms with Gasteiger partial charge in [0.1, 0.15) is 23.7 Å². The normalized spacial score (nSPS) is 20.0. The summed E-state index contributed by atoms with van der Waals surface area (Å²) in [4.78, 5) is 11.2. The number of hydrogen-bond acceptors (Lipinski definition) is 3. The van der Waals surface area contributed by atoms with Gasteiger partial charge in [0.15, 0.2) is 0 Å². The number of ether oxygens (including phenoxy) is 1. The molecule has 0 spiro atoms. The maximum Gasteiger partial charge on any atom is 0.339 e. The van der Waals surface area contributed by atoms with Gasteiger partial charge >= 0.3 is 5.97 Å². The first-order valence-corrected chi connectivity index (χ1v) is 5.23. The van der Waals surface area contributed by atoms with Gasteiger partial charge in [-0.25, -0.2) is 4.79 Å². The molecule has 1 aliphatic heterocycles. The van der Waals surface area contributed by atoms with Gasteiger partial charge in [-0.1, -0.05) is 6.42 Å². The number of furan rings is 1. The molecule has 0 radical (unpaired) electrons. The van der Waals surface area contributed by atoms with Crippen LogP contribution in [0.15, 0.2) is 4.42 Å². The molecule has 2 aliphatic rings. The molecule has 1 aliphatic carbocycles. The van der Waals surface area contributed by atoms with E-state index in [1.165, 1.54) is 6.42 Å². The van der Waals surface area contributed by atoms with Gasteiger partial charge in [0.05, 0.1) is 6.61 Å². The van der Waals surface area contributed by atoms with Gasteiger partial charge in [0.2, 0.25) is 0 Å². The van der Waals surface area contributed by atoms with E-state index in [2.05, 4.69) is 0 Å². The number of rotatable bonds is 2. The van der Waals surface area contributed by atoms with E-state index in [1.54, 1.807) is 0 Å². The van der Waals surface area contributed by atoms with E-state index in [1.807, 2.05) is 0 Å². The van der Waals surface area contributed by atoms with E-state index in [0.29, 0.717) is 36.2 Å². The molecule has 1 aromatic heterocycles. The largest absolute Gasteiger partial charge is 0.478 e. The summed E-state index contributed by atoms with van der Waals surface area (Å²) in [5.74, 6) is 0.838. The Kier molecular flexibility index (Phi) is 1.85. The van der Waals surface area contributed by atoms with Crippen molar-refractivity contribution < 1.29 is 19.1 Å². The van der Waals surface area contributed by atoms with Gasteiger partial charge in [-0.2, -0.15) is 0 Å². The van der Waals surface area contributed by atoms with Crippen molar-refractivity contribution in [3.8, 4) is 0 Å². The molecule has 0 atom stereocenters. The highest BCUT2D eigenvalue weighted by Crippen LogP contribution is 2.42. The lowest BCUT2D eigenvalue weighted by Crippen LogP contribution is -2.13. The number of aromatic carboxylic acids is 1. The van der Waals surface area contributed by atoms with E-state index in [0.717, 1.165) is 18.4 Å². The molecule has 15 heavy (non-hydrogen) atoms. The van der Waals surface area contributed by atoms with Crippen molar-refractivity contribution in [1.82, 2.24) is 0 Å². The fraction of sp³-hybridized carbons (Fsp3) is 0.545. The van der Waals surface area contributed by atoms with Crippen LogP contribution >= 0.6 is 0 Å². The molecule has 0 amide bonds. The zero-order valence-electron chi connectivity index (χ0n) is 8.28. The van der Waals surface area contributed by atoms with Crippen LogP contribution < -0.4 is 0 Å². The van der Waals surface area contributed by atoms with Gasteiger partial charge in [-0.3, -0.25) is 0 Å². The Bertz CT molecular complexity index is 414. The fourth-order valence-corrected chi connectivity index (χ4v) is 2.24. The van der Waals surface area contributed by atoms with Crippen LogP contribution in [0, 0.1) is 0 Å². The Morgan fingerprint density at radius 2 is 2.13 bits per heavy atom. The van der Waals surface area contributed by atoms with Crippen LogP contribution in [-0.4, -0.2) is 11.1 Å². The highest BCUT2D eigenvalue weighted by atomic mass is 16.5. The lowest BCUT2D eigenvalue weighted by atomic mass is 9.82. The van der Waals surface area contributed by atoms with Crippen molar-refractivity contribution in [2.45, 2.75) is 38.4 Å². The Labute approximate surface area is 86.8 Å². The summed E-state index contributed by atoms with van der Waals surface area (Å²) in [6.07, 6.45) is 3.27. The maximum absolute atomic E-state index is 11.2. The van der Waals surface area contributed by atoms with Crippen molar-refractivity contribution >= 4 is 5.97 Å². The topological polar surface area (TPSA) is 59.7 Å². The van der Waals surface area contributed by atoms with Crippen LogP contribution in [0.2, 0.25) is 0 Å². The Morgan fingerprint density at radius 1 is 1.33 bits per heavy atom. The summed E-state index contributed by atoms with van der Waals surface area (Å²) in [5, 5.41) is 9.17. The highest BCUT2D eigenvalue weighted by molar-refractivity contribution is 5.91. The molecule has 80 valence electrons. The first-order valence-electron chi connectivity index (χ1n) is 5.23. The Hall–Kier alpha value is -1.29. The Balaban J connectivity index is 2.09. The smallest absolute Gasteiger partial charge is 0.339 e. The third-order valence-corrected chi connectivity index (χ3v) is 3.29. The number of carboxylic acids is 1. The van der Waals surface area contributed by atoms with Gasteiger partial charge in [-0.05, 0) is 12.8 Å². The standard InChI is InChI=1S/C11H12O4/c12-11(13)9-7-4-14-5-8(7)15-10(9)6-2-1-3-6/h6H,1-5H2,(H,12,13). The number of carbonyl (C=O) groups is 1. The highest BCUT2D eigenvalue weighted by Gasteiger charge is 2.34. The first-order chi connectivity index (χ1) is 7.27. The van der Waals surface area contributed by atoms with Crippen molar-refractivity contribution in [2.75, 3.05) is 0 Å². The number of hydrogen-bond donors (Lipinski definition) is 1. The van der Waals surface area contributed by atoms with Crippen LogP contribution in [0.5, 0.6) is 0 Å². The third-order valence-electron chi connectivity index (χ3n) is 3.29. The molecule has 0 saturated heterocycles. The molecular formula is C11H12O4. The summed E-state index contributed by atoms with van der Waals surface area (Å²) < 4.78 is 10.8. The zero-order valence-corrected chi connectivity index (χ0v) is 8.28. The molecule has 0 bridgehead atoms. The molecule has 2 heterocycles. The molecule has 0 unspecified atom stereocenters. The van der Waals surface area contributed by atoms with E-state index >= 15 is 0 Å². The summed E-state index contributed by atoms with van der Waals surface area (Å²) in [5.41, 5.74) is 1.12. The van der Waals surface area contributed by atoms with Crippen LogP contribution in [0.4, 0.5) is 0 Å². The molecule has 1 saturated carbocycles. The second-order valence-electron chi connectivity index (χ2n) is 4.17. The second kappa shape index (κ2) is 3.10. The average Bonchev–Trinajstić information content (AvgIpc) is 2.58. The van der Waals surface area contributed by atoms with E-state index in [4.69, 9.17) is 9.15 Å².